The molecule has 3 unspecified atom stereocenters. The van der Waals surface area contributed by atoms with Crippen LogP contribution < -0.4 is 0 Å². The molecule has 6 heteroatoms. The fourth-order valence-corrected chi connectivity index (χ4v) is 6.80. The van der Waals surface area contributed by atoms with Crippen molar-refractivity contribution in [2.75, 3.05) is 0 Å². The molecule has 3 atom stereocenters. The van der Waals surface area contributed by atoms with Gasteiger partial charge in [0, 0.05) is 17.0 Å². The van der Waals surface area contributed by atoms with Crippen LogP contribution in [0.15, 0.2) is 152 Å². The Bertz CT molecular complexity index is 1760. The zero-order valence-electron chi connectivity index (χ0n) is 23.4. The maximum absolute atomic E-state index is 16.3. The van der Waals surface area contributed by atoms with Crippen LogP contribution in [0.1, 0.15) is 33.7 Å². The third-order valence-electron chi connectivity index (χ3n) is 8.65. The summed E-state index contributed by atoms with van der Waals surface area (Å²) in [5.74, 6) is -5.64. The fourth-order valence-electron chi connectivity index (χ4n) is 6.80. The summed E-state index contributed by atoms with van der Waals surface area (Å²) >= 11 is 0. The average Bonchev–Trinajstić information content (AvgIpc) is 3.05. The Morgan fingerprint density at radius 2 is 0.932 bits per heavy atom. The van der Waals surface area contributed by atoms with Crippen molar-refractivity contribution in [3.63, 3.8) is 0 Å². The highest BCUT2D eigenvalue weighted by molar-refractivity contribution is 5.57. The average molecular weight is 593 g/mol. The van der Waals surface area contributed by atoms with Crippen LogP contribution in [0.2, 0.25) is 0 Å². The molecule has 0 aromatic heterocycles. The van der Waals surface area contributed by atoms with E-state index in [1.807, 2.05) is 0 Å². The number of benzene rings is 5. The van der Waals surface area contributed by atoms with Gasteiger partial charge in [-0.05, 0) is 41.0 Å². The largest absolute Gasteiger partial charge is 0.380 e. The van der Waals surface area contributed by atoms with Crippen LogP contribution in [0.3, 0.4) is 0 Å². The number of hydrogen-bond donors (Lipinski definition) is 2. The molecule has 5 aromatic rings. The topological polar surface area (TPSA) is 40.5 Å². The Balaban J connectivity index is 1.88. The van der Waals surface area contributed by atoms with E-state index in [0.717, 1.165) is 24.3 Å². The Labute approximate surface area is 252 Å². The van der Waals surface area contributed by atoms with Crippen LogP contribution in [0, 0.1) is 23.3 Å². The predicted molar refractivity (Wildman–Crippen MR) is 162 cm³/mol. The maximum atomic E-state index is 16.3. The van der Waals surface area contributed by atoms with Gasteiger partial charge >= 0.3 is 0 Å². The van der Waals surface area contributed by atoms with Crippen molar-refractivity contribution in [2.24, 2.45) is 0 Å². The monoisotopic (exact) mass is 592 g/mol. The second-order valence-electron chi connectivity index (χ2n) is 10.8. The van der Waals surface area contributed by atoms with Crippen molar-refractivity contribution in [3.8, 4) is 0 Å². The zero-order valence-corrected chi connectivity index (χ0v) is 23.4. The molecule has 44 heavy (non-hydrogen) atoms. The first kappa shape index (κ1) is 29.3. The van der Waals surface area contributed by atoms with E-state index in [4.69, 9.17) is 0 Å². The Hall–Kier alpha value is -4.78. The van der Waals surface area contributed by atoms with E-state index in [9.17, 15) is 10.2 Å². The molecule has 0 saturated carbocycles. The summed E-state index contributed by atoms with van der Waals surface area (Å²) < 4.78 is 64.3. The molecule has 220 valence electrons. The van der Waals surface area contributed by atoms with Gasteiger partial charge in [0.05, 0.1) is 5.41 Å². The van der Waals surface area contributed by atoms with Gasteiger partial charge in [-0.15, -0.1) is 0 Å². The maximum Gasteiger partial charge on any atom is 0.149 e. The van der Waals surface area contributed by atoms with Crippen LogP contribution in [-0.2, 0) is 16.6 Å². The summed E-state index contributed by atoms with van der Waals surface area (Å²) in [6.07, 6.45) is 5.71. The normalized spacial score (nSPS) is 19.5. The number of rotatable bonds is 7. The second-order valence-corrected chi connectivity index (χ2v) is 10.8. The second kappa shape index (κ2) is 11.4. The molecule has 0 spiro atoms. The van der Waals surface area contributed by atoms with Crippen LogP contribution >= 0.6 is 0 Å². The summed E-state index contributed by atoms with van der Waals surface area (Å²) in [6.45, 7) is 0. The van der Waals surface area contributed by atoms with E-state index in [1.165, 1.54) is 48.6 Å². The minimum Gasteiger partial charge on any atom is -0.380 e. The summed E-state index contributed by atoms with van der Waals surface area (Å²) in [5, 5.41) is 27.1. The molecule has 1 aliphatic carbocycles. The number of halogens is 4. The lowest BCUT2D eigenvalue weighted by molar-refractivity contribution is -0.180. The molecule has 0 amide bonds. The number of aliphatic hydroxyl groups is 2. The molecule has 1 aliphatic rings. The third-order valence-corrected chi connectivity index (χ3v) is 8.65. The Morgan fingerprint density at radius 3 is 1.41 bits per heavy atom. The molecule has 5 aromatic carbocycles. The van der Waals surface area contributed by atoms with Crippen molar-refractivity contribution in [1.29, 1.82) is 0 Å². The minimum atomic E-state index is -2.73. The predicted octanol–water partition coefficient (Wildman–Crippen LogP) is 8.21. The van der Waals surface area contributed by atoms with Gasteiger partial charge in [0.1, 0.15) is 34.5 Å². The van der Waals surface area contributed by atoms with Crippen LogP contribution in [0.4, 0.5) is 17.6 Å². The quantitative estimate of drug-likeness (QED) is 0.187. The Morgan fingerprint density at radius 1 is 0.500 bits per heavy atom. The molecule has 0 bridgehead atoms. The molecule has 0 saturated heterocycles. The molecule has 0 radical (unpaired) electrons. The smallest absolute Gasteiger partial charge is 0.149 e. The number of allylic oxidation sites excluding steroid dienone is 3. The van der Waals surface area contributed by atoms with E-state index in [0.29, 0.717) is 0 Å². The molecule has 2 N–H and O–H groups in total. The molecule has 0 heterocycles. The Kier molecular flexibility index (Phi) is 7.58. The SMILES string of the molecule is OC(c1ccccc1)(c1ccccc1)C(O)(c1ccccc1)C1(c2c(F)cccc2F)C=CC=CC1c1c(F)cccc1F. The standard InChI is InChI=1S/C38H28F4O2/c39-30-21-12-22-31(40)34(30)29-20-10-11-25-36(29,35-32(41)23-13-24-33(35)42)38(44,28-18-8-3-9-19-28)37(43,26-14-4-1-5-15-26)27-16-6-2-7-17-27/h1-25,29,43-44H. The van der Waals surface area contributed by atoms with Gasteiger partial charge in [0.15, 0.2) is 0 Å². The summed E-state index contributed by atoms with van der Waals surface area (Å²) in [4.78, 5) is 0. The van der Waals surface area contributed by atoms with Gasteiger partial charge in [0.25, 0.3) is 0 Å². The van der Waals surface area contributed by atoms with E-state index >= 15 is 17.6 Å². The van der Waals surface area contributed by atoms with Gasteiger partial charge in [-0.3, -0.25) is 0 Å². The van der Waals surface area contributed by atoms with Crippen LogP contribution in [0.5, 0.6) is 0 Å². The van der Waals surface area contributed by atoms with Gasteiger partial charge in [-0.1, -0.05) is 127 Å². The molecule has 0 fully saturated rings. The lowest BCUT2D eigenvalue weighted by atomic mass is 9.48. The first-order valence-electron chi connectivity index (χ1n) is 14.1. The fraction of sp³-hybridized carbons (Fsp3) is 0.105. The third kappa shape index (κ3) is 4.25. The van der Waals surface area contributed by atoms with Crippen molar-refractivity contribution < 1.29 is 27.8 Å². The van der Waals surface area contributed by atoms with E-state index < -0.39 is 56.9 Å². The summed E-state index contributed by atoms with van der Waals surface area (Å²) in [6, 6.07) is 30.9. The molecular weight excluding hydrogens is 564 g/mol. The highest BCUT2D eigenvalue weighted by atomic mass is 19.1. The van der Waals surface area contributed by atoms with Gasteiger partial charge < -0.3 is 10.2 Å². The van der Waals surface area contributed by atoms with Crippen LogP contribution in [-0.4, -0.2) is 10.2 Å². The highest BCUT2D eigenvalue weighted by Crippen LogP contribution is 2.63. The van der Waals surface area contributed by atoms with Crippen molar-refractivity contribution in [1.82, 2.24) is 0 Å². The first-order valence-corrected chi connectivity index (χ1v) is 14.1. The summed E-state index contributed by atoms with van der Waals surface area (Å²) in [7, 11) is 0. The number of hydrogen-bond acceptors (Lipinski definition) is 2. The van der Waals surface area contributed by atoms with Crippen molar-refractivity contribution in [3.05, 3.63) is 203 Å². The molecule has 0 aliphatic heterocycles. The highest BCUT2D eigenvalue weighted by Gasteiger charge is 2.68. The lowest BCUT2D eigenvalue weighted by Crippen LogP contribution is -2.64. The van der Waals surface area contributed by atoms with Crippen molar-refractivity contribution >= 4 is 0 Å². The van der Waals surface area contributed by atoms with Gasteiger partial charge in [0.2, 0.25) is 0 Å². The van der Waals surface area contributed by atoms with E-state index in [2.05, 4.69) is 0 Å². The molecule has 6 rings (SSSR count). The zero-order chi connectivity index (χ0) is 31.0. The molecule has 2 nitrogen and oxygen atoms in total. The van der Waals surface area contributed by atoms with Crippen LogP contribution in [0.25, 0.3) is 0 Å². The summed E-state index contributed by atoms with van der Waals surface area (Å²) in [5.41, 5.74) is -8.33. The lowest BCUT2D eigenvalue weighted by Gasteiger charge is -2.58. The molecular formula is C38H28F4O2. The van der Waals surface area contributed by atoms with Gasteiger partial charge in [-0.2, -0.15) is 0 Å². The first-order chi connectivity index (χ1) is 21.3. The van der Waals surface area contributed by atoms with E-state index in [1.54, 1.807) is 78.9 Å². The minimum absolute atomic E-state index is 0.0551. The van der Waals surface area contributed by atoms with Gasteiger partial charge in [-0.25, -0.2) is 17.6 Å². The van der Waals surface area contributed by atoms with Crippen molar-refractivity contribution in [2.45, 2.75) is 22.5 Å². The van der Waals surface area contributed by atoms with E-state index in [-0.39, 0.29) is 16.7 Å².